The molecular formula is C15H26O4. The zero-order valence-corrected chi connectivity index (χ0v) is 12.3. The molecule has 0 heterocycles. The van der Waals surface area contributed by atoms with Gasteiger partial charge in [-0.05, 0) is 36.5 Å². The van der Waals surface area contributed by atoms with E-state index in [4.69, 9.17) is 0 Å². The summed E-state index contributed by atoms with van der Waals surface area (Å²) < 4.78 is 0. The number of fused-ring (bicyclic) bond motifs is 1. The Morgan fingerprint density at radius 2 is 1.84 bits per heavy atom. The van der Waals surface area contributed by atoms with Crippen molar-refractivity contribution in [3.8, 4) is 0 Å². The molecule has 0 unspecified atom stereocenters. The summed E-state index contributed by atoms with van der Waals surface area (Å²) in [4.78, 5) is 11.7. The quantitative estimate of drug-likeness (QED) is 0.716. The average molecular weight is 270 g/mol. The first-order chi connectivity index (χ1) is 8.60. The van der Waals surface area contributed by atoms with Crippen LogP contribution in [0.2, 0.25) is 0 Å². The number of aliphatic hydroxyl groups excluding tert-OH is 1. The first-order valence-electron chi connectivity index (χ1n) is 7.16. The van der Waals surface area contributed by atoms with Gasteiger partial charge in [0.05, 0.1) is 18.1 Å². The molecule has 2 saturated carbocycles. The highest BCUT2D eigenvalue weighted by molar-refractivity contribution is 5.72. The van der Waals surface area contributed by atoms with Crippen LogP contribution < -0.4 is 0 Å². The van der Waals surface area contributed by atoms with E-state index in [9.17, 15) is 20.1 Å². The Bertz CT molecular complexity index is 392. The van der Waals surface area contributed by atoms with E-state index >= 15 is 0 Å². The van der Waals surface area contributed by atoms with E-state index in [0.717, 1.165) is 12.8 Å². The van der Waals surface area contributed by atoms with Gasteiger partial charge in [0.25, 0.3) is 0 Å². The van der Waals surface area contributed by atoms with Crippen LogP contribution in [0, 0.1) is 28.6 Å². The second kappa shape index (κ2) is 4.19. The van der Waals surface area contributed by atoms with Gasteiger partial charge >= 0.3 is 5.97 Å². The van der Waals surface area contributed by atoms with Crippen molar-refractivity contribution in [1.29, 1.82) is 0 Å². The highest BCUT2D eigenvalue weighted by atomic mass is 16.4. The molecule has 0 saturated heterocycles. The summed E-state index contributed by atoms with van der Waals surface area (Å²) in [5.74, 6) is -1.84. The third-order valence-corrected chi connectivity index (χ3v) is 5.86. The van der Waals surface area contributed by atoms with E-state index in [-0.39, 0.29) is 23.9 Å². The van der Waals surface area contributed by atoms with Gasteiger partial charge in [-0.1, -0.05) is 27.7 Å². The Kier molecular flexibility index (Phi) is 3.26. The number of rotatable bonds is 2. The van der Waals surface area contributed by atoms with Gasteiger partial charge in [0.1, 0.15) is 0 Å². The molecule has 0 bridgehead atoms. The fraction of sp³-hybridized carbons (Fsp3) is 0.933. The second-order valence-corrected chi connectivity index (χ2v) is 7.63. The third-order valence-electron chi connectivity index (χ3n) is 5.86. The van der Waals surface area contributed by atoms with Gasteiger partial charge < -0.3 is 15.3 Å². The normalized spacial score (nSPS) is 48.8. The van der Waals surface area contributed by atoms with Crippen molar-refractivity contribution in [2.45, 2.75) is 52.6 Å². The summed E-state index contributed by atoms with van der Waals surface area (Å²) in [5, 5.41) is 30.7. The lowest BCUT2D eigenvalue weighted by Crippen LogP contribution is -2.61. The summed E-state index contributed by atoms with van der Waals surface area (Å²) in [5.41, 5.74) is -2.19. The summed E-state index contributed by atoms with van der Waals surface area (Å²) in [6, 6.07) is 0. The van der Waals surface area contributed by atoms with Crippen LogP contribution in [0.15, 0.2) is 0 Å². The Hall–Kier alpha value is -0.610. The van der Waals surface area contributed by atoms with Gasteiger partial charge in [0.2, 0.25) is 0 Å². The van der Waals surface area contributed by atoms with Crippen LogP contribution in [-0.2, 0) is 4.79 Å². The number of carboxylic acid groups (broad SMARTS) is 1. The van der Waals surface area contributed by atoms with Crippen LogP contribution in [0.4, 0.5) is 0 Å². The fourth-order valence-corrected chi connectivity index (χ4v) is 5.13. The first kappa shape index (κ1) is 14.8. The van der Waals surface area contributed by atoms with E-state index in [1.54, 1.807) is 0 Å². The molecular weight excluding hydrogens is 244 g/mol. The van der Waals surface area contributed by atoms with Gasteiger partial charge in [-0.2, -0.15) is 0 Å². The molecule has 0 aromatic rings. The van der Waals surface area contributed by atoms with Crippen LogP contribution in [0.5, 0.6) is 0 Å². The lowest BCUT2D eigenvalue weighted by atomic mass is 9.56. The largest absolute Gasteiger partial charge is 0.481 e. The number of hydrogen-bond acceptors (Lipinski definition) is 3. The van der Waals surface area contributed by atoms with Crippen LogP contribution in [0.3, 0.4) is 0 Å². The van der Waals surface area contributed by atoms with E-state index in [2.05, 4.69) is 13.8 Å². The molecule has 5 atom stereocenters. The Balaban J connectivity index is 2.57. The fourth-order valence-electron chi connectivity index (χ4n) is 5.13. The summed E-state index contributed by atoms with van der Waals surface area (Å²) in [6.45, 7) is 7.73. The molecule has 4 nitrogen and oxygen atoms in total. The van der Waals surface area contributed by atoms with Crippen molar-refractivity contribution in [2.24, 2.45) is 28.6 Å². The molecule has 2 fully saturated rings. The second-order valence-electron chi connectivity index (χ2n) is 7.63. The zero-order valence-electron chi connectivity index (χ0n) is 12.3. The third kappa shape index (κ3) is 1.76. The van der Waals surface area contributed by atoms with Gasteiger partial charge in [0.15, 0.2) is 0 Å². The van der Waals surface area contributed by atoms with Crippen molar-refractivity contribution in [2.75, 3.05) is 6.61 Å². The number of aliphatic hydroxyl groups is 2. The smallest absolute Gasteiger partial charge is 0.309 e. The summed E-state index contributed by atoms with van der Waals surface area (Å²) in [6.07, 6.45) is 2.33. The topological polar surface area (TPSA) is 77.8 Å². The Morgan fingerprint density at radius 3 is 2.32 bits per heavy atom. The molecule has 0 aromatic carbocycles. The van der Waals surface area contributed by atoms with Gasteiger partial charge in [-0.3, -0.25) is 4.79 Å². The molecule has 2 aliphatic rings. The van der Waals surface area contributed by atoms with Gasteiger partial charge in [-0.15, -0.1) is 0 Å². The molecule has 2 aliphatic carbocycles. The number of hydrogen-bond donors (Lipinski definition) is 3. The highest BCUT2D eigenvalue weighted by Crippen LogP contribution is 2.66. The minimum Gasteiger partial charge on any atom is -0.481 e. The van der Waals surface area contributed by atoms with Gasteiger partial charge in [-0.25, -0.2) is 0 Å². The highest BCUT2D eigenvalue weighted by Gasteiger charge is 2.70. The van der Waals surface area contributed by atoms with Gasteiger partial charge in [0, 0.05) is 5.41 Å². The maximum atomic E-state index is 11.7. The summed E-state index contributed by atoms with van der Waals surface area (Å²) in [7, 11) is 0. The average Bonchev–Trinajstić information content (AvgIpc) is 2.42. The van der Waals surface area contributed by atoms with Crippen molar-refractivity contribution < 1.29 is 20.1 Å². The van der Waals surface area contributed by atoms with Crippen molar-refractivity contribution in [3.63, 3.8) is 0 Å². The van der Waals surface area contributed by atoms with Crippen molar-refractivity contribution >= 4 is 5.97 Å². The van der Waals surface area contributed by atoms with E-state index in [1.807, 2.05) is 13.8 Å². The van der Waals surface area contributed by atoms with Crippen LogP contribution in [-0.4, -0.2) is 33.5 Å². The maximum absolute atomic E-state index is 11.7. The predicted molar refractivity (Wildman–Crippen MR) is 71.6 cm³/mol. The number of aliphatic carboxylic acids is 1. The molecule has 3 N–H and O–H groups in total. The molecule has 110 valence electrons. The standard InChI is InChI=1S/C15H26O4/c1-9-5-6-10-13(2,3)7-14(4,8-16)15(10,19)11(9)12(17)18/h9-11,16,19H,5-8H2,1-4H3,(H,17,18)/t9-,10-,11-,14-,15+/m0/s1. The first-order valence-corrected chi connectivity index (χ1v) is 7.16. The monoisotopic (exact) mass is 270 g/mol. The molecule has 4 heteroatoms. The minimum absolute atomic E-state index is 0.0569. The lowest BCUT2D eigenvalue weighted by molar-refractivity contribution is -0.197. The van der Waals surface area contributed by atoms with Crippen molar-refractivity contribution in [3.05, 3.63) is 0 Å². The van der Waals surface area contributed by atoms with E-state index in [1.165, 1.54) is 0 Å². The minimum atomic E-state index is -1.31. The lowest BCUT2D eigenvalue weighted by Gasteiger charge is -2.51. The molecule has 0 radical (unpaired) electrons. The molecule has 0 aromatic heterocycles. The Morgan fingerprint density at radius 1 is 1.26 bits per heavy atom. The molecule has 0 aliphatic heterocycles. The van der Waals surface area contributed by atoms with E-state index < -0.39 is 22.9 Å². The molecule has 0 spiro atoms. The number of carboxylic acids is 1. The predicted octanol–water partition coefficient (Wildman–Crippen LogP) is 1.89. The SMILES string of the molecule is C[C@H]1CC[C@H]2C(C)(C)C[C@@](C)(CO)[C@]2(O)[C@@H]1C(=O)O. The van der Waals surface area contributed by atoms with Crippen LogP contribution >= 0.6 is 0 Å². The Labute approximate surface area is 114 Å². The number of carbonyl (C=O) groups is 1. The van der Waals surface area contributed by atoms with Crippen molar-refractivity contribution in [1.82, 2.24) is 0 Å². The van der Waals surface area contributed by atoms with Crippen LogP contribution in [0.1, 0.15) is 47.0 Å². The van der Waals surface area contributed by atoms with Crippen LogP contribution in [0.25, 0.3) is 0 Å². The molecule has 19 heavy (non-hydrogen) atoms. The molecule has 2 rings (SSSR count). The maximum Gasteiger partial charge on any atom is 0.309 e. The molecule has 0 amide bonds. The van der Waals surface area contributed by atoms with E-state index in [0.29, 0.717) is 6.42 Å². The zero-order chi connectivity index (χ0) is 14.6. The summed E-state index contributed by atoms with van der Waals surface area (Å²) >= 11 is 0.